The van der Waals surface area contributed by atoms with E-state index < -0.39 is 6.43 Å². The Hall–Kier alpha value is -1.32. The maximum atomic E-state index is 13.1. The molecule has 0 saturated heterocycles. The van der Waals surface area contributed by atoms with Gasteiger partial charge in [-0.15, -0.1) is 0 Å². The van der Waals surface area contributed by atoms with Crippen LogP contribution in [0.2, 0.25) is 10.0 Å². The Morgan fingerprint density at radius 2 is 1.79 bits per heavy atom. The normalized spacial score (nSPS) is 10.8. The number of ether oxygens (including phenoxy) is 1. The van der Waals surface area contributed by atoms with Crippen LogP contribution in [0.5, 0.6) is 5.75 Å². The van der Waals surface area contributed by atoms with E-state index in [2.05, 4.69) is 0 Å². The Kier molecular flexibility index (Phi) is 4.27. The van der Waals surface area contributed by atoms with Gasteiger partial charge in [0.15, 0.2) is 0 Å². The predicted octanol–water partition coefficient (Wildman–Crippen LogP) is 5.61. The van der Waals surface area contributed by atoms with E-state index >= 15 is 0 Å². The van der Waals surface area contributed by atoms with Crippen molar-refractivity contribution in [2.45, 2.75) is 6.43 Å². The van der Waals surface area contributed by atoms with Crippen LogP contribution in [0.1, 0.15) is 12.0 Å². The average molecular weight is 303 g/mol. The molecule has 0 aliphatic heterocycles. The molecule has 0 spiro atoms. The van der Waals surface area contributed by atoms with E-state index in [1.807, 2.05) is 0 Å². The van der Waals surface area contributed by atoms with E-state index in [1.165, 1.54) is 19.2 Å². The number of alkyl halides is 2. The minimum absolute atomic E-state index is 0.0993. The number of benzene rings is 2. The summed E-state index contributed by atoms with van der Waals surface area (Å²) in [4.78, 5) is 0. The minimum atomic E-state index is -2.60. The summed E-state index contributed by atoms with van der Waals surface area (Å²) in [5.41, 5.74) is 0.776. The summed E-state index contributed by atoms with van der Waals surface area (Å²) in [5, 5.41) is 0.684. The number of methoxy groups -OCH3 is 1. The molecule has 0 fully saturated rings. The van der Waals surface area contributed by atoms with E-state index in [1.54, 1.807) is 24.3 Å². The summed E-state index contributed by atoms with van der Waals surface area (Å²) in [6.45, 7) is 0. The van der Waals surface area contributed by atoms with E-state index in [-0.39, 0.29) is 5.56 Å². The highest BCUT2D eigenvalue weighted by Crippen LogP contribution is 2.39. The molecule has 19 heavy (non-hydrogen) atoms. The number of hydrogen-bond acceptors (Lipinski definition) is 1. The van der Waals surface area contributed by atoms with E-state index in [0.29, 0.717) is 26.9 Å². The summed E-state index contributed by atoms with van der Waals surface area (Å²) in [5.74, 6) is 0.371. The topological polar surface area (TPSA) is 9.23 Å². The minimum Gasteiger partial charge on any atom is -0.496 e. The molecule has 0 N–H and O–H groups in total. The summed E-state index contributed by atoms with van der Waals surface area (Å²) >= 11 is 11.8. The van der Waals surface area contributed by atoms with Crippen LogP contribution in [0.4, 0.5) is 8.78 Å². The smallest absolute Gasteiger partial charge is 0.264 e. The lowest BCUT2D eigenvalue weighted by atomic mass is 9.98. The van der Waals surface area contributed by atoms with Crippen LogP contribution < -0.4 is 4.74 Å². The fourth-order valence-electron chi connectivity index (χ4n) is 1.86. The number of hydrogen-bond donors (Lipinski definition) is 0. The first-order chi connectivity index (χ1) is 9.04. The molecule has 0 unspecified atom stereocenters. The van der Waals surface area contributed by atoms with Gasteiger partial charge in [0.2, 0.25) is 0 Å². The largest absolute Gasteiger partial charge is 0.496 e. The monoisotopic (exact) mass is 302 g/mol. The van der Waals surface area contributed by atoms with Gasteiger partial charge in [-0.25, -0.2) is 8.78 Å². The van der Waals surface area contributed by atoms with Gasteiger partial charge < -0.3 is 4.74 Å². The molecule has 1 nitrogen and oxygen atoms in total. The summed E-state index contributed by atoms with van der Waals surface area (Å²) in [6, 6.07) is 9.28. The van der Waals surface area contributed by atoms with E-state index in [9.17, 15) is 8.78 Å². The number of halogens is 4. The maximum absolute atomic E-state index is 13.1. The molecule has 2 aromatic carbocycles. The Bertz CT molecular complexity index is 600. The van der Waals surface area contributed by atoms with Crippen LogP contribution in [0.25, 0.3) is 11.1 Å². The molecular weight excluding hydrogens is 293 g/mol. The lowest BCUT2D eigenvalue weighted by Crippen LogP contribution is -1.95. The van der Waals surface area contributed by atoms with Crippen LogP contribution in [-0.2, 0) is 0 Å². The highest BCUT2D eigenvalue weighted by Gasteiger charge is 2.18. The van der Waals surface area contributed by atoms with E-state index in [0.717, 1.165) is 0 Å². The van der Waals surface area contributed by atoms with Crippen molar-refractivity contribution in [3.8, 4) is 16.9 Å². The summed E-state index contributed by atoms with van der Waals surface area (Å²) < 4.78 is 31.3. The highest BCUT2D eigenvalue weighted by atomic mass is 35.5. The maximum Gasteiger partial charge on any atom is 0.264 e. The molecule has 2 aromatic rings. The zero-order valence-corrected chi connectivity index (χ0v) is 11.5. The van der Waals surface area contributed by atoms with Crippen molar-refractivity contribution in [2.75, 3.05) is 7.11 Å². The van der Waals surface area contributed by atoms with Crippen LogP contribution in [0.3, 0.4) is 0 Å². The standard InChI is InChI=1S/C14H10Cl2F2O/c1-19-12-4-2-3-9(14(17)18)13(12)8-5-6-10(15)11(16)7-8/h2-7,14H,1H3. The molecule has 0 radical (unpaired) electrons. The molecule has 0 aromatic heterocycles. The third-order valence-corrected chi connectivity index (χ3v) is 3.46. The molecule has 5 heteroatoms. The first kappa shape index (κ1) is 14.1. The molecule has 2 rings (SSSR count). The Labute approximate surface area is 119 Å². The fourth-order valence-corrected chi connectivity index (χ4v) is 2.16. The first-order valence-corrected chi connectivity index (χ1v) is 6.20. The second kappa shape index (κ2) is 5.76. The lowest BCUT2D eigenvalue weighted by molar-refractivity contribution is 0.151. The summed E-state index contributed by atoms with van der Waals surface area (Å²) in [7, 11) is 1.44. The molecule has 0 aliphatic carbocycles. The van der Waals surface area contributed by atoms with E-state index in [4.69, 9.17) is 27.9 Å². The average Bonchev–Trinajstić information content (AvgIpc) is 2.41. The SMILES string of the molecule is COc1cccc(C(F)F)c1-c1ccc(Cl)c(Cl)c1. The van der Waals surface area contributed by atoms with Gasteiger partial charge in [-0.1, -0.05) is 41.4 Å². The van der Waals surface area contributed by atoms with Crippen molar-refractivity contribution < 1.29 is 13.5 Å². The quantitative estimate of drug-likeness (QED) is 0.716. The first-order valence-electron chi connectivity index (χ1n) is 5.45. The third-order valence-electron chi connectivity index (χ3n) is 2.72. The molecule has 0 bridgehead atoms. The Balaban J connectivity index is 2.68. The molecule has 100 valence electrons. The lowest BCUT2D eigenvalue weighted by Gasteiger charge is -2.14. The van der Waals surface area contributed by atoms with Crippen LogP contribution in [0, 0.1) is 0 Å². The second-order valence-electron chi connectivity index (χ2n) is 3.85. The van der Waals surface area contributed by atoms with Gasteiger partial charge >= 0.3 is 0 Å². The van der Waals surface area contributed by atoms with Crippen LogP contribution in [-0.4, -0.2) is 7.11 Å². The van der Waals surface area contributed by atoms with Crippen LogP contribution >= 0.6 is 23.2 Å². The third kappa shape index (κ3) is 2.82. The van der Waals surface area contributed by atoms with Crippen LogP contribution in [0.15, 0.2) is 36.4 Å². The van der Waals surface area contributed by atoms with Crippen molar-refractivity contribution in [3.05, 3.63) is 52.0 Å². The second-order valence-corrected chi connectivity index (χ2v) is 4.67. The van der Waals surface area contributed by atoms with Gasteiger partial charge in [-0.05, 0) is 23.8 Å². The van der Waals surface area contributed by atoms with Gasteiger partial charge in [-0.2, -0.15) is 0 Å². The Morgan fingerprint density at radius 3 is 2.37 bits per heavy atom. The van der Waals surface area contributed by atoms with Gasteiger partial charge in [-0.3, -0.25) is 0 Å². The number of rotatable bonds is 3. The van der Waals surface area contributed by atoms with Crippen molar-refractivity contribution >= 4 is 23.2 Å². The van der Waals surface area contributed by atoms with Gasteiger partial charge in [0.05, 0.1) is 17.2 Å². The molecule has 0 aliphatic rings. The zero-order valence-electron chi connectivity index (χ0n) is 9.96. The molecule has 0 heterocycles. The van der Waals surface area contributed by atoms with Crippen molar-refractivity contribution in [1.29, 1.82) is 0 Å². The Morgan fingerprint density at radius 1 is 1.05 bits per heavy atom. The van der Waals surface area contributed by atoms with Gasteiger partial charge in [0.1, 0.15) is 5.75 Å². The van der Waals surface area contributed by atoms with Crippen molar-refractivity contribution in [1.82, 2.24) is 0 Å². The summed E-state index contributed by atoms with van der Waals surface area (Å²) in [6.07, 6.45) is -2.60. The van der Waals surface area contributed by atoms with Crippen molar-refractivity contribution in [2.24, 2.45) is 0 Å². The van der Waals surface area contributed by atoms with Gasteiger partial charge in [0, 0.05) is 11.1 Å². The molecule has 0 amide bonds. The molecule has 0 atom stereocenters. The van der Waals surface area contributed by atoms with Crippen molar-refractivity contribution in [3.63, 3.8) is 0 Å². The zero-order chi connectivity index (χ0) is 14.0. The predicted molar refractivity (Wildman–Crippen MR) is 73.4 cm³/mol. The fraction of sp³-hybridized carbons (Fsp3) is 0.143. The molecule has 0 saturated carbocycles. The van der Waals surface area contributed by atoms with Gasteiger partial charge in [0.25, 0.3) is 6.43 Å². The molecular formula is C14H10Cl2F2O. The highest BCUT2D eigenvalue weighted by molar-refractivity contribution is 6.42.